The summed E-state index contributed by atoms with van der Waals surface area (Å²) in [6.07, 6.45) is 3.71. The molecular formula is C17H26N2O3. The van der Waals surface area contributed by atoms with Crippen LogP contribution in [0.5, 0.6) is 0 Å². The van der Waals surface area contributed by atoms with Crippen molar-refractivity contribution >= 4 is 17.3 Å². The van der Waals surface area contributed by atoms with Gasteiger partial charge >= 0.3 is 0 Å². The summed E-state index contributed by atoms with van der Waals surface area (Å²) < 4.78 is 5.43. The van der Waals surface area contributed by atoms with E-state index in [0.29, 0.717) is 18.9 Å². The molecule has 1 aromatic rings. The summed E-state index contributed by atoms with van der Waals surface area (Å²) in [6.45, 7) is 2.37. The zero-order valence-corrected chi connectivity index (χ0v) is 13.3. The van der Waals surface area contributed by atoms with Crippen LogP contribution < -0.4 is 10.2 Å². The van der Waals surface area contributed by atoms with Gasteiger partial charge in [0.25, 0.3) is 0 Å². The third-order valence-electron chi connectivity index (χ3n) is 4.06. The number of aliphatic hydroxyl groups is 1. The molecule has 1 saturated heterocycles. The zero-order chi connectivity index (χ0) is 15.8. The Morgan fingerprint density at radius 3 is 2.82 bits per heavy atom. The minimum absolute atomic E-state index is 0.0574. The fourth-order valence-corrected chi connectivity index (χ4v) is 2.67. The number of carbonyl (C=O) groups is 1. The molecule has 0 saturated carbocycles. The molecule has 1 aliphatic heterocycles. The number of nitrogens with one attached hydrogen (secondary N) is 1. The van der Waals surface area contributed by atoms with Crippen LogP contribution in [-0.4, -0.2) is 44.4 Å². The third kappa shape index (κ3) is 5.31. The van der Waals surface area contributed by atoms with Gasteiger partial charge in [-0.05, 0) is 49.4 Å². The molecule has 5 nitrogen and oxygen atoms in total. The lowest BCUT2D eigenvalue weighted by Crippen LogP contribution is -2.21. The molecule has 1 unspecified atom stereocenters. The fourth-order valence-electron chi connectivity index (χ4n) is 2.67. The molecule has 2 rings (SSSR count). The molecule has 5 heteroatoms. The Labute approximate surface area is 132 Å². The normalized spacial score (nSPS) is 18.0. The summed E-state index contributed by atoms with van der Waals surface area (Å²) in [4.78, 5) is 13.9. The zero-order valence-electron chi connectivity index (χ0n) is 13.3. The summed E-state index contributed by atoms with van der Waals surface area (Å²) >= 11 is 0. The van der Waals surface area contributed by atoms with Gasteiger partial charge in [-0.1, -0.05) is 0 Å². The van der Waals surface area contributed by atoms with E-state index in [1.54, 1.807) is 0 Å². The molecular weight excluding hydrogens is 280 g/mol. The van der Waals surface area contributed by atoms with Crippen LogP contribution in [0.2, 0.25) is 0 Å². The Morgan fingerprint density at radius 1 is 1.41 bits per heavy atom. The highest BCUT2D eigenvalue weighted by atomic mass is 16.5. The fraction of sp³-hybridized carbons (Fsp3) is 0.588. The molecule has 0 bridgehead atoms. The van der Waals surface area contributed by atoms with Crippen LogP contribution in [0.4, 0.5) is 11.4 Å². The second kappa shape index (κ2) is 8.76. The first kappa shape index (κ1) is 16.8. The van der Waals surface area contributed by atoms with E-state index in [4.69, 9.17) is 9.84 Å². The number of nitrogens with zero attached hydrogens (tertiary/aromatic N) is 1. The van der Waals surface area contributed by atoms with Crippen LogP contribution in [0, 0.1) is 5.92 Å². The van der Waals surface area contributed by atoms with Crippen LogP contribution in [0.15, 0.2) is 24.3 Å². The lowest BCUT2D eigenvalue weighted by molar-refractivity contribution is -0.116. The average molecular weight is 306 g/mol. The van der Waals surface area contributed by atoms with E-state index >= 15 is 0 Å². The Kier molecular flexibility index (Phi) is 6.68. The summed E-state index contributed by atoms with van der Waals surface area (Å²) in [5, 5.41) is 11.9. The first-order valence-electron chi connectivity index (χ1n) is 7.98. The number of likely N-dealkylation sites (N-methyl/N-ethyl adjacent to an activating group) is 1. The Bertz CT molecular complexity index is 455. The maximum Gasteiger partial charge on any atom is 0.224 e. The first-order chi connectivity index (χ1) is 10.7. The van der Waals surface area contributed by atoms with Gasteiger partial charge < -0.3 is 20.1 Å². The number of amides is 1. The third-order valence-corrected chi connectivity index (χ3v) is 4.06. The molecule has 1 fully saturated rings. The van der Waals surface area contributed by atoms with Crippen molar-refractivity contribution < 1.29 is 14.6 Å². The Morgan fingerprint density at radius 2 is 2.18 bits per heavy atom. The maximum atomic E-state index is 12.0. The predicted octanol–water partition coefficient (Wildman–Crippen LogP) is 2.26. The molecule has 22 heavy (non-hydrogen) atoms. The van der Waals surface area contributed by atoms with Crippen molar-refractivity contribution in [3.63, 3.8) is 0 Å². The van der Waals surface area contributed by atoms with Crippen molar-refractivity contribution in [2.75, 3.05) is 43.6 Å². The van der Waals surface area contributed by atoms with Crippen LogP contribution in [0.25, 0.3) is 0 Å². The highest BCUT2D eigenvalue weighted by Crippen LogP contribution is 2.20. The lowest BCUT2D eigenvalue weighted by atomic mass is 9.97. The quantitative estimate of drug-likeness (QED) is 0.811. The van der Waals surface area contributed by atoms with E-state index in [9.17, 15) is 4.79 Å². The second-order valence-corrected chi connectivity index (χ2v) is 5.86. The maximum absolute atomic E-state index is 12.0. The van der Waals surface area contributed by atoms with E-state index in [2.05, 4.69) is 5.32 Å². The molecule has 1 aliphatic rings. The highest BCUT2D eigenvalue weighted by molar-refractivity contribution is 5.90. The average Bonchev–Trinajstić information content (AvgIpc) is 2.55. The number of carbonyl (C=O) groups excluding carboxylic acids is 1. The van der Waals surface area contributed by atoms with Crippen LogP contribution >= 0.6 is 0 Å². The van der Waals surface area contributed by atoms with Gasteiger partial charge in [0.05, 0.1) is 6.61 Å². The molecule has 2 N–H and O–H groups in total. The molecule has 0 aliphatic carbocycles. The summed E-state index contributed by atoms with van der Waals surface area (Å²) in [5.41, 5.74) is 1.83. The number of hydrogen-bond donors (Lipinski definition) is 2. The van der Waals surface area contributed by atoms with Gasteiger partial charge in [0.1, 0.15) is 0 Å². The minimum atomic E-state index is 0.0574. The van der Waals surface area contributed by atoms with E-state index in [0.717, 1.165) is 37.4 Å². The molecule has 1 amide bonds. The Hall–Kier alpha value is -1.59. The number of benzene rings is 1. The van der Waals surface area contributed by atoms with Crippen LogP contribution in [0.1, 0.15) is 25.7 Å². The topological polar surface area (TPSA) is 61.8 Å². The second-order valence-electron chi connectivity index (χ2n) is 5.86. The predicted molar refractivity (Wildman–Crippen MR) is 88.2 cm³/mol. The molecule has 1 heterocycles. The van der Waals surface area contributed by atoms with Gasteiger partial charge in [0.2, 0.25) is 5.91 Å². The SMILES string of the molecule is CN(CCO)c1ccc(NC(=O)CCC2CCCOC2)cc1. The van der Waals surface area contributed by atoms with Gasteiger partial charge in [0, 0.05) is 44.6 Å². The standard InChI is InChI=1S/C17H26N2O3/c1-19(10-11-20)16-7-5-15(6-8-16)18-17(21)9-4-14-3-2-12-22-13-14/h5-8,14,20H,2-4,9-13H2,1H3,(H,18,21). The van der Waals surface area contributed by atoms with Crippen LogP contribution in [-0.2, 0) is 9.53 Å². The minimum Gasteiger partial charge on any atom is -0.395 e. The van der Waals surface area contributed by atoms with Crippen molar-refractivity contribution in [3.05, 3.63) is 24.3 Å². The van der Waals surface area contributed by atoms with Gasteiger partial charge in [0.15, 0.2) is 0 Å². The smallest absolute Gasteiger partial charge is 0.224 e. The van der Waals surface area contributed by atoms with Gasteiger partial charge in [-0.2, -0.15) is 0 Å². The molecule has 0 spiro atoms. The molecule has 0 radical (unpaired) electrons. The monoisotopic (exact) mass is 306 g/mol. The van der Waals surface area contributed by atoms with Crippen LogP contribution in [0.3, 0.4) is 0 Å². The highest BCUT2D eigenvalue weighted by Gasteiger charge is 2.15. The number of hydrogen-bond acceptors (Lipinski definition) is 4. The number of anilines is 2. The van der Waals surface area contributed by atoms with Crippen molar-refractivity contribution in [1.82, 2.24) is 0 Å². The molecule has 1 aromatic carbocycles. The summed E-state index contributed by atoms with van der Waals surface area (Å²) in [5.74, 6) is 0.580. The van der Waals surface area contributed by atoms with E-state index in [-0.39, 0.29) is 12.5 Å². The Balaban J connectivity index is 1.76. The van der Waals surface area contributed by atoms with Crippen molar-refractivity contribution in [2.45, 2.75) is 25.7 Å². The van der Waals surface area contributed by atoms with Crippen molar-refractivity contribution in [3.8, 4) is 0 Å². The lowest BCUT2D eigenvalue weighted by Gasteiger charge is -2.21. The van der Waals surface area contributed by atoms with Gasteiger partial charge in [-0.25, -0.2) is 0 Å². The van der Waals surface area contributed by atoms with Crippen molar-refractivity contribution in [1.29, 1.82) is 0 Å². The van der Waals surface area contributed by atoms with E-state index < -0.39 is 0 Å². The number of rotatable bonds is 7. The van der Waals surface area contributed by atoms with E-state index in [1.165, 1.54) is 6.42 Å². The van der Waals surface area contributed by atoms with Gasteiger partial charge in [-0.15, -0.1) is 0 Å². The first-order valence-corrected chi connectivity index (χ1v) is 7.98. The molecule has 1 atom stereocenters. The number of ether oxygens (including phenoxy) is 1. The largest absolute Gasteiger partial charge is 0.395 e. The summed E-state index contributed by atoms with van der Waals surface area (Å²) in [7, 11) is 1.93. The molecule has 122 valence electrons. The van der Waals surface area contributed by atoms with E-state index in [1.807, 2.05) is 36.2 Å². The van der Waals surface area contributed by atoms with Gasteiger partial charge in [-0.3, -0.25) is 4.79 Å². The summed E-state index contributed by atoms with van der Waals surface area (Å²) in [6, 6.07) is 7.68. The number of aliphatic hydroxyl groups excluding tert-OH is 1. The van der Waals surface area contributed by atoms with Crippen molar-refractivity contribution in [2.24, 2.45) is 5.92 Å². The molecule has 0 aromatic heterocycles.